The van der Waals surface area contributed by atoms with E-state index in [0.29, 0.717) is 43.9 Å². The zero-order valence-corrected chi connectivity index (χ0v) is 15.0. The molecule has 138 valence electrons. The van der Waals surface area contributed by atoms with Gasteiger partial charge in [-0.3, -0.25) is 14.4 Å². The summed E-state index contributed by atoms with van der Waals surface area (Å²) in [5.74, 6) is -0.107. The smallest absolute Gasteiger partial charge is 0.258 e. The molecule has 0 unspecified atom stereocenters. The number of carbonyl (C=O) groups excluding carboxylic acids is 3. The van der Waals surface area contributed by atoms with Gasteiger partial charge in [0.15, 0.2) is 0 Å². The topological polar surface area (TPSA) is 60.9 Å². The van der Waals surface area contributed by atoms with Crippen LogP contribution in [0.25, 0.3) is 0 Å². The summed E-state index contributed by atoms with van der Waals surface area (Å²) in [5.41, 5.74) is 3.30. The second-order valence-corrected chi connectivity index (χ2v) is 6.85. The zero-order valence-electron chi connectivity index (χ0n) is 15.0. The monoisotopic (exact) mass is 363 g/mol. The number of carbonyl (C=O) groups is 3. The van der Waals surface area contributed by atoms with Crippen LogP contribution < -0.4 is 4.90 Å². The Kier molecular flexibility index (Phi) is 4.62. The first-order valence-electron chi connectivity index (χ1n) is 9.16. The molecule has 6 nitrogen and oxygen atoms in total. The van der Waals surface area contributed by atoms with Crippen LogP contribution in [0, 0.1) is 0 Å². The van der Waals surface area contributed by atoms with Crippen LogP contribution in [0.5, 0.6) is 0 Å². The zero-order chi connectivity index (χ0) is 18.8. The van der Waals surface area contributed by atoms with Gasteiger partial charge in [-0.25, -0.2) is 0 Å². The van der Waals surface area contributed by atoms with Crippen LogP contribution >= 0.6 is 0 Å². The molecule has 2 heterocycles. The largest absolute Gasteiger partial charge is 0.342 e. The first-order chi connectivity index (χ1) is 13.2. The lowest BCUT2D eigenvalue weighted by Gasteiger charge is -2.32. The number of fused-ring (bicyclic) bond motifs is 1. The predicted octanol–water partition coefficient (Wildman–Crippen LogP) is 1.80. The standard InChI is InChI=1S/C21H21N3O3/c25-15-22-11-13-23(14-12-22)20(26)17-5-7-18(8-6-17)21(27)24-10-9-16-3-1-2-4-19(16)24/h1-8,15H,9-14H2. The van der Waals surface area contributed by atoms with Crippen molar-refractivity contribution >= 4 is 23.9 Å². The Morgan fingerprint density at radius 3 is 2.07 bits per heavy atom. The number of hydrogen-bond donors (Lipinski definition) is 0. The Morgan fingerprint density at radius 1 is 0.778 bits per heavy atom. The minimum Gasteiger partial charge on any atom is -0.342 e. The lowest BCUT2D eigenvalue weighted by Crippen LogP contribution is -2.48. The molecular formula is C21H21N3O3. The number of amides is 3. The van der Waals surface area contributed by atoms with Crippen molar-refractivity contribution in [1.82, 2.24) is 9.80 Å². The van der Waals surface area contributed by atoms with Crippen molar-refractivity contribution < 1.29 is 14.4 Å². The number of nitrogens with zero attached hydrogens (tertiary/aromatic N) is 3. The van der Waals surface area contributed by atoms with E-state index in [9.17, 15) is 14.4 Å². The molecule has 0 spiro atoms. The minimum atomic E-state index is -0.0638. The summed E-state index contributed by atoms with van der Waals surface area (Å²) >= 11 is 0. The van der Waals surface area contributed by atoms with Crippen LogP contribution in [0.1, 0.15) is 26.3 Å². The van der Waals surface area contributed by atoms with Crippen LogP contribution in [0.4, 0.5) is 5.69 Å². The van der Waals surface area contributed by atoms with Gasteiger partial charge in [-0.05, 0) is 42.3 Å². The lowest BCUT2D eigenvalue weighted by atomic mass is 10.1. The average Bonchev–Trinajstić information content (AvgIpc) is 3.17. The molecule has 0 aliphatic carbocycles. The molecule has 3 amide bonds. The molecule has 0 saturated carbocycles. The number of piperazine rings is 1. The van der Waals surface area contributed by atoms with Crippen LogP contribution in [-0.4, -0.2) is 60.7 Å². The van der Waals surface area contributed by atoms with Gasteiger partial charge < -0.3 is 14.7 Å². The summed E-state index contributed by atoms with van der Waals surface area (Å²) in [6, 6.07) is 14.8. The van der Waals surface area contributed by atoms with Gasteiger partial charge in [0.05, 0.1) is 0 Å². The number of para-hydroxylation sites is 1. The molecule has 1 fully saturated rings. The van der Waals surface area contributed by atoms with Gasteiger partial charge in [-0.1, -0.05) is 18.2 Å². The van der Waals surface area contributed by atoms with Crippen molar-refractivity contribution in [3.8, 4) is 0 Å². The second-order valence-electron chi connectivity index (χ2n) is 6.85. The van der Waals surface area contributed by atoms with Crippen LogP contribution in [0.2, 0.25) is 0 Å². The van der Waals surface area contributed by atoms with Crippen molar-refractivity contribution in [3.63, 3.8) is 0 Å². The predicted molar refractivity (Wildman–Crippen MR) is 102 cm³/mol. The molecule has 2 aliphatic heterocycles. The second kappa shape index (κ2) is 7.23. The molecule has 0 N–H and O–H groups in total. The van der Waals surface area contributed by atoms with Crippen LogP contribution in [0.3, 0.4) is 0 Å². The fraction of sp³-hybridized carbons (Fsp3) is 0.286. The van der Waals surface area contributed by atoms with E-state index in [4.69, 9.17) is 0 Å². The highest BCUT2D eigenvalue weighted by Crippen LogP contribution is 2.28. The quantitative estimate of drug-likeness (QED) is 0.782. The van der Waals surface area contributed by atoms with Gasteiger partial charge in [0.2, 0.25) is 6.41 Å². The Morgan fingerprint density at radius 2 is 1.41 bits per heavy atom. The van der Waals surface area contributed by atoms with Gasteiger partial charge in [0.25, 0.3) is 11.8 Å². The van der Waals surface area contributed by atoms with Crippen molar-refractivity contribution in [2.24, 2.45) is 0 Å². The first-order valence-corrected chi connectivity index (χ1v) is 9.16. The van der Waals surface area contributed by atoms with E-state index >= 15 is 0 Å². The molecule has 2 aromatic carbocycles. The Balaban J connectivity index is 1.46. The molecule has 0 aromatic heterocycles. The van der Waals surface area contributed by atoms with E-state index in [1.807, 2.05) is 18.2 Å². The first kappa shape index (κ1) is 17.3. The average molecular weight is 363 g/mol. The number of benzene rings is 2. The fourth-order valence-corrected chi connectivity index (χ4v) is 3.67. The molecule has 4 rings (SSSR count). The van der Waals surface area contributed by atoms with E-state index in [-0.39, 0.29) is 11.8 Å². The highest BCUT2D eigenvalue weighted by atomic mass is 16.2. The van der Waals surface area contributed by atoms with Crippen LogP contribution in [-0.2, 0) is 11.2 Å². The molecule has 27 heavy (non-hydrogen) atoms. The normalized spacial score (nSPS) is 16.2. The summed E-state index contributed by atoms with van der Waals surface area (Å²) in [6.07, 6.45) is 1.68. The molecule has 6 heteroatoms. The third-order valence-electron chi connectivity index (χ3n) is 5.26. The SMILES string of the molecule is O=CN1CCN(C(=O)c2ccc(C(=O)N3CCc4ccccc43)cc2)CC1. The minimum absolute atomic E-state index is 0.0430. The summed E-state index contributed by atoms with van der Waals surface area (Å²) in [7, 11) is 0. The summed E-state index contributed by atoms with van der Waals surface area (Å²) in [4.78, 5) is 41.5. The Labute approximate surface area is 158 Å². The lowest BCUT2D eigenvalue weighted by molar-refractivity contribution is -0.119. The molecular weight excluding hydrogens is 342 g/mol. The molecule has 0 bridgehead atoms. The molecule has 2 aromatic rings. The Bertz CT molecular complexity index is 870. The number of rotatable bonds is 3. The van der Waals surface area contributed by atoms with Gasteiger partial charge in [0, 0.05) is 49.5 Å². The van der Waals surface area contributed by atoms with Crippen molar-refractivity contribution in [2.45, 2.75) is 6.42 Å². The third kappa shape index (κ3) is 3.30. The maximum Gasteiger partial charge on any atom is 0.258 e. The van der Waals surface area contributed by atoms with Gasteiger partial charge >= 0.3 is 0 Å². The van der Waals surface area contributed by atoms with Crippen molar-refractivity contribution in [2.75, 3.05) is 37.6 Å². The number of anilines is 1. The fourth-order valence-electron chi connectivity index (χ4n) is 3.67. The van der Waals surface area contributed by atoms with Gasteiger partial charge in [0.1, 0.15) is 0 Å². The summed E-state index contributed by atoms with van der Waals surface area (Å²) in [5, 5.41) is 0. The van der Waals surface area contributed by atoms with E-state index < -0.39 is 0 Å². The Hall–Kier alpha value is -3.15. The number of hydrogen-bond acceptors (Lipinski definition) is 3. The van der Waals surface area contributed by atoms with Crippen molar-refractivity contribution in [1.29, 1.82) is 0 Å². The van der Waals surface area contributed by atoms with Crippen LogP contribution in [0.15, 0.2) is 48.5 Å². The molecule has 0 radical (unpaired) electrons. The highest BCUT2D eigenvalue weighted by Gasteiger charge is 2.26. The van der Waals surface area contributed by atoms with Gasteiger partial charge in [-0.2, -0.15) is 0 Å². The van der Waals surface area contributed by atoms with E-state index in [1.54, 1.807) is 39.0 Å². The maximum atomic E-state index is 12.9. The summed E-state index contributed by atoms with van der Waals surface area (Å²) < 4.78 is 0. The van der Waals surface area contributed by atoms with E-state index in [0.717, 1.165) is 18.5 Å². The maximum absolute atomic E-state index is 12.9. The summed E-state index contributed by atoms with van der Waals surface area (Å²) in [6.45, 7) is 2.85. The molecule has 2 aliphatic rings. The highest BCUT2D eigenvalue weighted by molar-refractivity contribution is 6.07. The third-order valence-corrected chi connectivity index (χ3v) is 5.26. The molecule has 1 saturated heterocycles. The molecule has 0 atom stereocenters. The van der Waals surface area contributed by atoms with Gasteiger partial charge in [-0.15, -0.1) is 0 Å². The van der Waals surface area contributed by atoms with E-state index in [2.05, 4.69) is 6.07 Å². The van der Waals surface area contributed by atoms with E-state index in [1.165, 1.54) is 5.56 Å². The van der Waals surface area contributed by atoms with Crippen molar-refractivity contribution in [3.05, 3.63) is 65.2 Å².